The van der Waals surface area contributed by atoms with E-state index in [0.29, 0.717) is 6.54 Å². The zero-order valence-corrected chi connectivity index (χ0v) is 20.3. The summed E-state index contributed by atoms with van der Waals surface area (Å²) in [7, 11) is -0.399. The number of rotatable bonds is 8. The number of carboxylic acids is 1. The van der Waals surface area contributed by atoms with Crippen LogP contribution in [0.4, 0.5) is 0 Å². The fourth-order valence-corrected chi connectivity index (χ4v) is 5.19. The Labute approximate surface area is 198 Å². The van der Waals surface area contributed by atoms with Gasteiger partial charge in [0.1, 0.15) is 5.54 Å². The molecule has 1 saturated heterocycles. The summed E-state index contributed by atoms with van der Waals surface area (Å²) in [4.78, 5) is 12.7. The van der Waals surface area contributed by atoms with Gasteiger partial charge in [0.2, 0.25) is 0 Å². The van der Waals surface area contributed by atoms with Gasteiger partial charge in [-0.1, -0.05) is 67.4 Å². The van der Waals surface area contributed by atoms with Gasteiger partial charge in [0.15, 0.2) is 0 Å². The molecular formula is C27H36BNO4. The van der Waals surface area contributed by atoms with Gasteiger partial charge in [-0.05, 0) is 69.5 Å². The third-order valence-electron chi connectivity index (χ3n) is 7.83. The predicted molar refractivity (Wildman–Crippen MR) is 132 cm³/mol. The van der Waals surface area contributed by atoms with Crippen LogP contribution < -0.4 is 10.8 Å². The van der Waals surface area contributed by atoms with Crippen LogP contribution in [0.2, 0.25) is 0 Å². The van der Waals surface area contributed by atoms with Crippen LogP contribution in [0.25, 0.3) is 0 Å². The fourth-order valence-electron chi connectivity index (χ4n) is 5.19. The molecule has 5 nitrogen and oxygen atoms in total. The molecule has 0 amide bonds. The van der Waals surface area contributed by atoms with Gasteiger partial charge in [0.05, 0.1) is 11.2 Å². The SMILES string of the molecule is CC1(C)OB(c2cccc(CCNC(C(=O)O)(c3ccccc3)C3CCCC3)c2)OC1(C)C. The third kappa shape index (κ3) is 4.61. The first-order valence-electron chi connectivity index (χ1n) is 12.1. The summed E-state index contributed by atoms with van der Waals surface area (Å²) >= 11 is 0. The molecule has 1 heterocycles. The van der Waals surface area contributed by atoms with Crippen LogP contribution in [0.15, 0.2) is 54.6 Å². The molecular weight excluding hydrogens is 413 g/mol. The van der Waals surface area contributed by atoms with Crippen molar-refractivity contribution in [1.82, 2.24) is 5.32 Å². The van der Waals surface area contributed by atoms with Gasteiger partial charge in [-0.2, -0.15) is 0 Å². The van der Waals surface area contributed by atoms with E-state index in [0.717, 1.165) is 48.7 Å². The third-order valence-corrected chi connectivity index (χ3v) is 7.83. The summed E-state index contributed by atoms with van der Waals surface area (Å²) in [5.74, 6) is -0.694. The lowest BCUT2D eigenvalue weighted by Crippen LogP contribution is -2.54. The second-order valence-electron chi connectivity index (χ2n) is 10.5. The van der Waals surface area contributed by atoms with E-state index in [1.165, 1.54) is 0 Å². The minimum atomic E-state index is -1.05. The highest BCUT2D eigenvalue weighted by Crippen LogP contribution is 2.41. The average Bonchev–Trinajstić information content (AvgIpc) is 3.38. The van der Waals surface area contributed by atoms with Crippen molar-refractivity contribution in [1.29, 1.82) is 0 Å². The molecule has 4 rings (SSSR count). The minimum Gasteiger partial charge on any atom is -0.480 e. The molecule has 2 aliphatic rings. The van der Waals surface area contributed by atoms with Gasteiger partial charge < -0.3 is 14.4 Å². The van der Waals surface area contributed by atoms with Gasteiger partial charge in [0, 0.05) is 6.54 Å². The summed E-state index contributed by atoms with van der Waals surface area (Å²) in [6.45, 7) is 8.79. The lowest BCUT2D eigenvalue weighted by atomic mass is 9.76. The van der Waals surface area contributed by atoms with Crippen LogP contribution >= 0.6 is 0 Å². The Bertz CT molecular complexity index is 955. The van der Waals surface area contributed by atoms with Crippen molar-refractivity contribution in [2.45, 2.75) is 76.5 Å². The van der Waals surface area contributed by atoms with Crippen molar-refractivity contribution in [3.63, 3.8) is 0 Å². The Balaban J connectivity index is 1.50. The first-order chi connectivity index (χ1) is 15.7. The summed E-state index contributed by atoms with van der Waals surface area (Å²) in [6.07, 6.45) is 4.77. The summed E-state index contributed by atoms with van der Waals surface area (Å²) in [6, 6.07) is 17.9. The van der Waals surface area contributed by atoms with E-state index < -0.39 is 18.6 Å². The highest BCUT2D eigenvalue weighted by molar-refractivity contribution is 6.62. The van der Waals surface area contributed by atoms with Crippen molar-refractivity contribution in [3.05, 3.63) is 65.7 Å². The maximum absolute atomic E-state index is 12.7. The maximum atomic E-state index is 12.7. The van der Waals surface area contributed by atoms with Gasteiger partial charge >= 0.3 is 13.1 Å². The molecule has 176 valence electrons. The normalized spacial score (nSPS) is 21.8. The molecule has 1 aliphatic carbocycles. The van der Waals surface area contributed by atoms with Crippen LogP contribution in [0.1, 0.15) is 64.5 Å². The molecule has 0 aromatic heterocycles. The lowest BCUT2D eigenvalue weighted by Gasteiger charge is -2.37. The highest BCUT2D eigenvalue weighted by Gasteiger charge is 2.52. The molecule has 0 bridgehead atoms. The number of aliphatic carboxylic acids is 1. The van der Waals surface area contributed by atoms with Gasteiger partial charge in [0.25, 0.3) is 0 Å². The first kappa shape index (κ1) is 24.0. The van der Waals surface area contributed by atoms with E-state index in [2.05, 4.69) is 45.1 Å². The van der Waals surface area contributed by atoms with Crippen molar-refractivity contribution in [3.8, 4) is 0 Å². The Hall–Kier alpha value is -2.15. The van der Waals surface area contributed by atoms with Crippen molar-refractivity contribution >= 4 is 18.6 Å². The van der Waals surface area contributed by atoms with Crippen LogP contribution in [0.5, 0.6) is 0 Å². The standard InChI is InChI=1S/C27H36BNO4/c1-25(2)26(3,4)33-28(32-25)23-16-10-11-20(19-23)17-18-29-27(24(30)31,22-14-8-9-15-22)21-12-6-5-7-13-21/h5-7,10-13,16,19,22,29H,8-9,14-15,17-18H2,1-4H3,(H,30,31). The molecule has 2 N–H and O–H groups in total. The van der Waals surface area contributed by atoms with Gasteiger partial charge in [-0.15, -0.1) is 0 Å². The van der Waals surface area contributed by atoms with Crippen molar-refractivity contribution < 1.29 is 19.2 Å². The number of hydrogen-bond donors (Lipinski definition) is 2. The number of carboxylic acid groups (broad SMARTS) is 1. The Morgan fingerprint density at radius 3 is 2.27 bits per heavy atom. The number of nitrogens with one attached hydrogen (secondary N) is 1. The monoisotopic (exact) mass is 449 g/mol. The second kappa shape index (κ2) is 9.24. The molecule has 1 unspecified atom stereocenters. The lowest BCUT2D eigenvalue weighted by molar-refractivity contribution is -0.148. The van der Waals surface area contributed by atoms with E-state index in [1.807, 2.05) is 42.5 Å². The number of hydrogen-bond acceptors (Lipinski definition) is 4. The van der Waals surface area contributed by atoms with Crippen LogP contribution in [-0.2, 0) is 26.1 Å². The topological polar surface area (TPSA) is 67.8 Å². The Morgan fingerprint density at radius 2 is 1.67 bits per heavy atom. The molecule has 0 radical (unpaired) electrons. The smallest absolute Gasteiger partial charge is 0.480 e. The molecule has 1 saturated carbocycles. The summed E-state index contributed by atoms with van der Waals surface area (Å²) in [5, 5.41) is 13.9. The largest absolute Gasteiger partial charge is 0.494 e. The zero-order valence-electron chi connectivity index (χ0n) is 20.3. The number of carbonyl (C=O) groups is 1. The highest BCUT2D eigenvalue weighted by atomic mass is 16.7. The molecule has 0 spiro atoms. The average molecular weight is 449 g/mol. The van der Waals surface area contributed by atoms with Crippen LogP contribution in [-0.4, -0.2) is 35.9 Å². The van der Waals surface area contributed by atoms with E-state index in [1.54, 1.807) is 0 Å². The second-order valence-corrected chi connectivity index (χ2v) is 10.5. The Kier molecular flexibility index (Phi) is 6.72. The maximum Gasteiger partial charge on any atom is 0.494 e. The van der Waals surface area contributed by atoms with Crippen molar-refractivity contribution in [2.75, 3.05) is 6.54 Å². The molecule has 2 aromatic rings. The Morgan fingerprint density at radius 1 is 1.03 bits per heavy atom. The zero-order chi connectivity index (χ0) is 23.7. The van der Waals surface area contributed by atoms with Gasteiger partial charge in [-0.25, -0.2) is 4.79 Å². The van der Waals surface area contributed by atoms with E-state index in [-0.39, 0.29) is 17.1 Å². The molecule has 6 heteroatoms. The van der Waals surface area contributed by atoms with Crippen LogP contribution in [0, 0.1) is 5.92 Å². The molecule has 1 atom stereocenters. The minimum absolute atomic E-state index is 0.0912. The quantitative estimate of drug-likeness (QED) is 0.589. The van der Waals surface area contributed by atoms with Crippen molar-refractivity contribution in [2.24, 2.45) is 5.92 Å². The van der Waals surface area contributed by atoms with Gasteiger partial charge in [-0.3, -0.25) is 5.32 Å². The first-order valence-corrected chi connectivity index (χ1v) is 12.1. The molecule has 1 aliphatic heterocycles. The van der Waals surface area contributed by atoms with E-state index in [9.17, 15) is 9.90 Å². The van der Waals surface area contributed by atoms with E-state index in [4.69, 9.17) is 9.31 Å². The molecule has 2 aromatic carbocycles. The number of benzene rings is 2. The van der Waals surface area contributed by atoms with E-state index >= 15 is 0 Å². The predicted octanol–water partition coefficient (Wildman–Crippen LogP) is 4.29. The summed E-state index contributed by atoms with van der Waals surface area (Å²) in [5.41, 5.74) is 1.15. The van der Waals surface area contributed by atoms with Crippen LogP contribution in [0.3, 0.4) is 0 Å². The fraction of sp³-hybridized carbons (Fsp3) is 0.519. The molecule has 2 fully saturated rings. The molecule has 33 heavy (non-hydrogen) atoms. The summed E-state index contributed by atoms with van der Waals surface area (Å²) < 4.78 is 12.4.